The second-order valence-corrected chi connectivity index (χ2v) is 4.20. The molecule has 14 heavy (non-hydrogen) atoms. The summed E-state index contributed by atoms with van der Waals surface area (Å²) in [7, 11) is 0. The molecule has 1 saturated heterocycles. The van der Waals surface area contributed by atoms with Crippen molar-refractivity contribution < 1.29 is 9.47 Å². The highest BCUT2D eigenvalue weighted by atomic mass is 79.9. The number of nitrogens with zero attached hydrogens (tertiary/aromatic N) is 1. The van der Waals surface area contributed by atoms with Crippen LogP contribution in [0.2, 0.25) is 0 Å². The Hall–Kier alpha value is -0.710. The molecular weight excluding hydrogens is 246 g/mol. The molecule has 0 amide bonds. The molecule has 72 valence electrons. The fourth-order valence-corrected chi connectivity index (χ4v) is 2.14. The van der Waals surface area contributed by atoms with E-state index in [1.54, 1.807) is 6.21 Å². The summed E-state index contributed by atoms with van der Waals surface area (Å²) in [6, 6.07) is 5.91. The Balaban J connectivity index is 2.16. The summed E-state index contributed by atoms with van der Waals surface area (Å²) >= 11 is 3.43. The summed E-state index contributed by atoms with van der Waals surface area (Å²) in [5, 5.41) is 0. The van der Waals surface area contributed by atoms with Gasteiger partial charge in [-0.1, -0.05) is 15.9 Å². The van der Waals surface area contributed by atoms with Gasteiger partial charge in [0.05, 0.1) is 25.1 Å². The van der Waals surface area contributed by atoms with E-state index in [9.17, 15) is 0 Å². The number of hydrogen-bond donors (Lipinski definition) is 0. The summed E-state index contributed by atoms with van der Waals surface area (Å²) in [6.07, 6.45) is 1.73. The van der Waals surface area contributed by atoms with Crippen molar-refractivity contribution in [3.63, 3.8) is 0 Å². The van der Waals surface area contributed by atoms with Gasteiger partial charge in [0.25, 0.3) is 0 Å². The normalized spacial score (nSPS) is 21.8. The highest BCUT2D eigenvalue weighted by Gasteiger charge is 2.42. The highest BCUT2D eigenvalue weighted by Crippen LogP contribution is 2.41. The lowest BCUT2D eigenvalue weighted by molar-refractivity contribution is -0.0970. The molecule has 0 radical (unpaired) electrons. The molecule has 3 nitrogen and oxygen atoms in total. The topological polar surface area (TPSA) is 30.8 Å². The Morgan fingerprint density at radius 1 is 1.29 bits per heavy atom. The maximum absolute atomic E-state index is 5.59. The predicted octanol–water partition coefficient (Wildman–Crippen LogP) is 2.36. The minimum atomic E-state index is -0.709. The first-order valence-electron chi connectivity index (χ1n) is 4.43. The minimum absolute atomic E-state index is 0.623. The lowest BCUT2D eigenvalue weighted by atomic mass is 10.1. The molecule has 0 unspecified atom stereocenters. The average molecular weight is 254 g/mol. The highest BCUT2D eigenvalue weighted by molar-refractivity contribution is 9.10. The Bertz CT molecular complexity index is 411. The van der Waals surface area contributed by atoms with Crippen molar-refractivity contribution in [2.24, 2.45) is 4.99 Å². The molecule has 0 aliphatic carbocycles. The predicted molar refractivity (Wildman–Crippen MR) is 55.9 cm³/mol. The molecule has 0 saturated carbocycles. The lowest BCUT2D eigenvalue weighted by Crippen LogP contribution is -2.25. The van der Waals surface area contributed by atoms with E-state index in [-0.39, 0.29) is 0 Å². The maximum atomic E-state index is 5.59. The number of fused-ring (bicyclic) bond motifs is 2. The summed E-state index contributed by atoms with van der Waals surface area (Å²) in [5.41, 5.74) is 1.92. The molecule has 0 aromatic heterocycles. The van der Waals surface area contributed by atoms with Crippen LogP contribution in [0.3, 0.4) is 0 Å². The second kappa shape index (κ2) is 2.89. The first-order valence-corrected chi connectivity index (χ1v) is 5.23. The monoisotopic (exact) mass is 253 g/mol. The van der Waals surface area contributed by atoms with E-state index in [2.05, 4.69) is 20.9 Å². The van der Waals surface area contributed by atoms with E-state index in [4.69, 9.17) is 9.47 Å². The number of rotatable bonds is 0. The molecule has 1 aromatic rings. The fourth-order valence-electron chi connectivity index (χ4n) is 1.78. The molecule has 0 atom stereocenters. The van der Waals surface area contributed by atoms with Gasteiger partial charge in [0.2, 0.25) is 5.79 Å². The lowest BCUT2D eigenvalue weighted by Gasteiger charge is -2.19. The number of aliphatic imine (C=N–C) groups is 1. The van der Waals surface area contributed by atoms with Crippen LogP contribution in [0.1, 0.15) is 5.56 Å². The Morgan fingerprint density at radius 3 is 2.86 bits per heavy atom. The third kappa shape index (κ3) is 1.08. The summed E-state index contributed by atoms with van der Waals surface area (Å²) in [5.74, 6) is -0.709. The number of hydrogen-bond acceptors (Lipinski definition) is 3. The molecule has 1 aromatic carbocycles. The van der Waals surface area contributed by atoms with E-state index >= 15 is 0 Å². The number of benzene rings is 1. The zero-order valence-electron chi connectivity index (χ0n) is 7.37. The SMILES string of the molecule is Brc1ccc2c(c1)C1(C=N2)OCCO1. The molecule has 2 aliphatic rings. The number of halogens is 1. The van der Waals surface area contributed by atoms with Crippen LogP contribution in [0.25, 0.3) is 0 Å². The van der Waals surface area contributed by atoms with Crippen LogP contribution in [0.5, 0.6) is 0 Å². The molecule has 2 heterocycles. The zero-order chi connectivity index (χ0) is 9.60. The first-order chi connectivity index (χ1) is 6.80. The third-order valence-corrected chi connectivity index (χ3v) is 2.92. The largest absolute Gasteiger partial charge is 0.339 e. The smallest absolute Gasteiger partial charge is 0.235 e. The maximum Gasteiger partial charge on any atom is 0.235 e. The van der Waals surface area contributed by atoms with Crippen LogP contribution < -0.4 is 0 Å². The van der Waals surface area contributed by atoms with Crippen LogP contribution in [0.4, 0.5) is 5.69 Å². The number of ether oxygens (including phenoxy) is 2. The second-order valence-electron chi connectivity index (χ2n) is 3.28. The van der Waals surface area contributed by atoms with E-state index in [1.807, 2.05) is 18.2 Å². The molecule has 0 bridgehead atoms. The van der Waals surface area contributed by atoms with Gasteiger partial charge < -0.3 is 9.47 Å². The van der Waals surface area contributed by atoms with E-state index < -0.39 is 5.79 Å². The standard InChI is InChI=1S/C10H8BrNO2/c11-7-1-2-9-8(5-7)10(6-12-9)13-3-4-14-10/h1-2,5-6H,3-4H2. The van der Waals surface area contributed by atoms with Crippen molar-refractivity contribution in [3.05, 3.63) is 28.2 Å². The van der Waals surface area contributed by atoms with Gasteiger partial charge in [-0.05, 0) is 18.2 Å². The van der Waals surface area contributed by atoms with Gasteiger partial charge in [0.1, 0.15) is 0 Å². The van der Waals surface area contributed by atoms with Gasteiger partial charge in [-0.15, -0.1) is 0 Å². The Labute approximate surface area is 89.9 Å². The van der Waals surface area contributed by atoms with Crippen LogP contribution in [-0.2, 0) is 15.3 Å². The molecular formula is C10H8BrNO2. The average Bonchev–Trinajstić information content (AvgIpc) is 2.77. The van der Waals surface area contributed by atoms with Crippen LogP contribution in [0.15, 0.2) is 27.7 Å². The fraction of sp³-hybridized carbons (Fsp3) is 0.300. The van der Waals surface area contributed by atoms with Crippen molar-refractivity contribution in [1.82, 2.24) is 0 Å². The molecule has 4 heteroatoms. The molecule has 3 rings (SSSR count). The van der Waals surface area contributed by atoms with Crippen LogP contribution in [-0.4, -0.2) is 19.4 Å². The summed E-state index contributed by atoms with van der Waals surface area (Å²) in [4.78, 5) is 4.28. The van der Waals surface area contributed by atoms with E-state index in [1.165, 1.54) is 0 Å². The zero-order valence-corrected chi connectivity index (χ0v) is 8.95. The quantitative estimate of drug-likeness (QED) is 0.711. The van der Waals surface area contributed by atoms with E-state index in [0.717, 1.165) is 15.7 Å². The molecule has 1 spiro atoms. The molecule has 2 aliphatic heterocycles. The van der Waals surface area contributed by atoms with Gasteiger partial charge in [-0.25, -0.2) is 0 Å². The van der Waals surface area contributed by atoms with Gasteiger partial charge >= 0.3 is 0 Å². The Morgan fingerprint density at radius 2 is 2.07 bits per heavy atom. The summed E-state index contributed by atoms with van der Waals surface area (Å²) < 4.78 is 12.2. The third-order valence-electron chi connectivity index (χ3n) is 2.42. The van der Waals surface area contributed by atoms with Crippen molar-refractivity contribution in [2.45, 2.75) is 5.79 Å². The minimum Gasteiger partial charge on any atom is -0.339 e. The van der Waals surface area contributed by atoms with E-state index in [0.29, 0.717) is 13.2 Å². The first kappa shape index (κ1) is 8.59. The van der Waals surface area contributed by atoms with Crippen molar-refractivity contribution >= 4 is 27.8 Å². The van der Waals surface area contributed by atoms with Crippen LogP contribution in [0, 0.1) is 0 Å². The van der Waals surface area contributed by atoms with Gasteiger partial charge in [-0.2, -0.15) is 0 Å². The van der Waals surface area contributed by atoms with Crippen molar-refractivity contribution in [1.29, 1.82) is 0 Å². The van der Waals surface area contributed by atoms with Gasteiger partial charge in [0, 0.05) is 10.0 Å². The van der Waals surface area contributed by atoms with Gasteiger partial charge in [0.15, 0.2) is 0 Å². The van der Waals surface area contributed by atoms with Crippen molar-refractivity contribution in [3.8, 4) is 0 Å². The van der Waals surface area contributed by atoms with Crippen molar-refractivity contribution in [2.75, 3.05) is 13.2 Å². The van der Waals surface area contributed by atoms with Gasteiger partial charge in [-0.3, -0.25) is 4.99 Å². The molecule has 1 fully saturated rings. The summed E-state index contributed by atoms with van der Waals surface area (Å²) in [6.45, 7) is 1.25. The Kier molecular flexibility index (Phi) is 1.77. The van der Waals surface area contributed by atoms with Crippen LogP contribution >= 0.6 is 15.9 Å². The molecule has 0 N–H and O–H groups in total.